The van der Waals surface area contributed by atoms with Crippen molar-refractivity contribution in [2.24, 2.45) is 0 Å². The van der Waals surface area contributed by atoms with Crippen LogP contribution >= 0.6 is 0 Å². The summed E-state index contributed by atoms with van der Waals surface area (Å²) in [5, 5.41) is 12.2. The molecule has 1 aromatic rings. The highest BCUT2D eigenvalue weighted by Crippen LogP contribution is 2.19. The lowest BCUT2D eigenvalue weighted by atomic mass is 10.1. The summed E-state index contributed by atoms with van der Waals surface area (Å²) in [6.45, 7) is 2.32. The fourth-order valence-corrected chi connectivity index (χ4v) is 2.70. The molecule has 0 saturated heterocycles. The van der Waals surface area contributed by atoms with E-state index in [0.29, 0.717) is 11.7 Å². The van der Waals surface area contributed by atoms with Crippen molar-refractivity contribution in [1.82, 2.24) is 5.32 Å². The van der Waals surface area contributed by atoms with Gasteiger partial charge in [-0.2, -0.15) is 0 Å². The Morgan fingerprint density at radius 1 is 1.14 bits per heavy atom. The van der Waals surface area contributed by atoms with E-state index in [1.54, 1.807) is 12.1 Å². The smallest absolute Gasteiger partial charge is 0.335 e. The van der Waals surface area contributed by atoms with Crippen LogP contribution in [-0.4, -0.2) is 30.3 Å². The van der Waals surface area contributed by atoms with Gasteiger partial charge in [-0.1, -0.05) is 37.8 Å². The molecule has 0 bridgehead atoms. The maximum Gasteiger partial charge on any atom is 0.335 e. The van der Waals surface area contributed by atoms with E-state index in [1.807, 2.05) is 12.1 Å². The normalized spacial score (nSPS) is 16.6. The highest BCUT2D eigenvalue weighted by atomic mass is 16.5. The summed E-state index contributed by atoms with van der Waals surface area (Å²) < 4.78 is 5.91. The van der Waals surface area contributed by atoms with Gasteiger partial charge in [0, 0.05) is 13.1 Å². The molecule has 2 N–H and O–H groups in total. The molecule has 2 rings (SSSR count). The minimum atomic E-state index is -0.883. The van der Waals surface area contributed by atoms with Crippen molar-refractivity contribution in [1.29, 1.82) is 0 Å². The van der Waals surface area contributed by atoms with Crippen LogP contribution in [0, 0.1) is 0 Å². The van der Waals surface area contributed by atoms with Gasteiger partial charge in [0.2, 0.25) is 0 Å². The number of nitrogens with one attached hydrogen (secondary N) is 1. The molecule has 21 heavy (non-hydrogen) atoms. The van der Waals surface area contributed by atoms with Gasteiger partial charge < -0.3 is 15.2 Å². The zero-order chi connectivity index (χ0) is 14.9. The van der Waals surface area contributed by atoms with Crippen LogP contribution in [0.1, 0.15) is 54.4 Å². The number of hydrogen-bond acceptors (Lipinski definition) is 3. The van der Waals surface area contributed by atoms with Crippen LogP contribution in [0.25, 0.3) is 0 Å². The van der Waals surface area contributed by atoms with E-state index < -0.39 is 5.97 Å². The Labute approximate surface area is 126 Å². The first-order valence-electron chi connectivity index (χ1n) is 7.90. The summed E-state index contributed by atoms with van der Waals surface area (Å²) in [7, 11) is 0. The third kappa shape index (κ3) is 5.86. The molecule has 0 aromatic heterocycles. The maximum absolute atomic E-state index is 10.8. The number of ether oxygens (including phenoxy) is 1. The quantitative estimate of drug-likeness (QED) is 0.598. The fraction of sp³-hybridized carbons (Fsp3) is 0.588. The van der Waals surface area contributed by atoms with Gasteiger partial charge in [-0.25, -0.2) is 4.79 Å². The van der Waals surface area contributed by atoms with Crippen LogP contribution in [0.15, 0.2) is 24.3 Å². The second kappa shape index (κ2) is 8.80. The molecular weight excluding hydrogens is 266 g/mol. The Kier molecular flexibility index (Phi) is 6.70. The summed E-state index contributed by atoms with van der Waals surface area (Å²) in [5.41, 5.74) is 1.42. The summed E-state index contributed by atoms with van der Waals surface area (Å²) in [5.74, 6) is -0.883. The van der Waals surface area contributed by atoms with Gasteiger partial charge >= 0.3 is 5.97 Å². The molecule has 0 amide bonds. The van der Waals surface area contributed by atoms with Crippen LogP contribution in [0.2, 0.25) is 0 Å². The van der Waals surface area contributed by atoms with Crippen molar-refractivity contribution in [3.8, 4) is 0 Å². The Bertz CT molecular complexity index is 422. The molecule has 0 aliphatic heterocycles. The zero-order valence-corrected chi connectivity index (χ0v) is 12.5. The number of carboxylic acids is 1. The van der Waals surface area contributed by atoms with Crippen LogP contribution in [-0.2, 0) is 11.3 Å². The largest absolute Gasteiger partial charge is 0.478 e. The molecule has 116 valence electrons. The first-order chi connectivity index (χ1) is 10.3. The number of rotatable bonds is 7. The lowest BCUT2D eigenvalue weighted by Crippen LogP contribution is -2.22. The monoisotopic (exact) mass is 291 g/mol. The van der Waals surface area contributed by atoms with Gasteiger partial charge in [-0.15, -0.1) is 0 Å². The van der Waals surface area contributed by atoms with Gasteiger partial charge in [-0.05, 0) is 30.5 Å². The van der Waals surface area contributed by atoms with E-state index in [0.717, 1.165) is 25.3 Å². The van der Waals surface area contributed by atoms with Gasteiger partial charge in [0.05, 0.1) is 18.3 Å². The number of aromatic carboxylic acids is 1. The second-order valence-corrected chi connectivity index (χ2v) is 5.66. The van der Waals surface area contributed by atoms with Crippen molar-refractivity contribution in [2.45, 2.75) is 51.2 Å². The van der Waals surface area contributed by atoms with Crippen molar-refractivity contribution in [3.05, 3.63) is 35.4 Å². The SMILES string of the molecule is O=C(O)c1ccc(CNCCOC2CCCCCC2)cc1. The Hall–Kier alpha value is -1.39. The first kappa shape index (κ1) is 16.0. The predicted molar refractivity (Wildman–Crippen MR) is 82.6 cm³/mol. The molecule has 0 unspecified atom stereocenters. The van der Waals surface area contributed by atoms with Gasteiger partial charge in [0.1, 0.15) is 0 Å². The van der Waals surface area contributed by atoms with Gasteiger partial charge in [-0.3, -0.25) is 0 Å². The maximum atomic E-state index is 10.8. The lowest BCUT2D eigenvalue weighted by Gasteiger charge is -2.15. The van der Waals surface area contributed by atoms with Gasteiger partial charge in [0.25, 0.3) is 0 Å². The van der Waals surface area contributed by atoms with Crippen molar-refractivity contribution < 1.29 is 14.6 Å². The Morgan fingerprint density at radius 2 is 1.81 bits per heavy atom. The molecule has 1 aliphatic rings. The van der Waals surface area contributed by atoms with Gasteiger partial charge in [0.15, 0.2) is 0 Å². The average molecular weight is 291 g/mol. The van der Waals surface area contributed by atoms with Crippen molar-refractivity contribution >= 4 is 5.97 Å². The van der Waals surface area contributed by atoms with E-state index in [2.05, 4.69) is 5.32 Å². The average Bonchev–Trinajstić information content (AvgIpc) is 2.76. The highest BCUT2D eigenvalue weighted by molar-refractivity contribution is 5.87. The minimum Gasteiger partial charge on any atom is -0.478 e. The molecule has 1 aromatic carbocycles. The van der Waals surface area contributed by atoms with E-state index in [-0.39, 0.29) is 0 Å². The third-order valence-electron chi connectivity index (χ3n) is 3.96. The standard InChI is InChI=1S/C17H25NO3/c19-17(20)15-9-7-14(8-10-15)13-18-11-12-21-16-5-3-1-2-4-6-16/h7-10,16,18H,1-6,11-13H2,(H,19,20). The molecular formula is C17H25NO3. The minimum absolute atomic E-state index is 0.329. The van der Waals surface area contributed by atoms with Crippen LogP contribution in [0.4, 0.5) is 0 Å². The molecule has 0 spiro atoms. The van der Waals surface area contributed by atoms with E-state index in [4.69, 9.17) is 9.84 Å². The summed E-state index contributed by atoms with van der Waals surface area (Å²) in [6.07, 6.45) is 8.16. The molecule has 0 heterocycles. The molecule has 4 nitrogen and oxygen atoms in total. The number of hydrogen-bond donors (Lipinski definition) is 2. The van der Waals surface area contributed by atoms with Crippen LogP contribution in [0.5, 0.6) is 0 Å². The Balaban J connectivity index is 1.59. The number of carbonyl (C=O) groups is 1. The summed E-state index contributed by atoms with van der Waals surface area (Å²) in [4.78, 5) is 10.8. The van der Waals surface area contributed by atoms with Crippen LogP contribution in [0.3, 0.4) is 0 Å². The first-order valence-corrected chi connectivity index (χ1v) is 7.90. The van der Waals surface area contributed by atoms with E-state index in [9.17, 15) is 4.79 Å². The zero-order valence-electron chi connectivity index (χ0n) is 12.5. The van der Waals surface area contributed by atoms with E-state index >= 15 is 0 Å². The molecule has 0 radical (unpaired) electrons. The van der Waals surface area contributed by atoms with Crippen LogP contribution < -0.4 is 5.32 Å². The van der Waals surface area contributed by atoms with E-state index in [1.165, 1.54) is 38.5 Å². The molecule has 0 atom stereocenters. The molecule has 1 fully saturated rings. The Morgan fingerprint density at radius 3 is 2.43 bits per heavy atom. The van der Waals surface area contributed by atoms with Crippen molar-refractivity contribution in [2.75, 3.05) is 13.2 Å². The topological polar surface area (TPSA) is 58.6 Å². The molecule has 4 heteroatoms. The number of carboxylic acid groups (broad SMARTS) is 1. The highest BCUT2D eigenvalue weighted by Gasteiger charge is 2.11. The van der Waals surface area contributed by atoms with Crippen molar-refractivity contribution in [3.63, 3.8) is 0 Å². The summed E-state index contributed by atoms with van der Waals surface area (Å²) >= 11 is 0. The summed E-state index contributed by atoms with van der Waals surface area (Å²) in [6, 6.07) is 6.98. The molecule has 1 aliphatic carbocycles. The predicted octanol–water partition coefficient (Wildman–Crippen LogP) is 3.21. The second-order valence-electron chi connectivity index (χ2n) is 5.66. The molecule has 1 saturated carbocycles. The lowest BCUT2D eigenvalue weighted by molar-refractivity contribution is 0.0450. The number of benzene rings is 1. The third-order valence-corrected chi connectivity index (χ3v) is 3.96. The fourth-order valence-electron chi connectivity index (χ4n) is 2.70.